The maximum absolute atomic E-state index is 13.8. The van der Waals surface area contributed by atoms with Gasteiger partial charge in [0.2, 0.25) is 5.91 Å². The van der Waals surface area contributed by atoms with Crippen molar-refractivity contribution in [3.05, 3.63) is 69.2 Å². The fourth-order valence-corrected chi connectivity index (χ4v) is 3.12. The summed E-state index contributed by atoms with van der Waals surface area (Å²) in [4.78, 5) is 24.8. The maximum Gasteiger partial charge on any atom is 0.257 e. The Morgan fingerprint density at radius 3 is 2.29 bits per heavy atom. The molecule has 1 unspecified atom stereocenters. The van der Waals surface area contributed by atoms with Crippen LogP contribution in [0.4, 0.5) is 8.78 Å². The van der Waals surface area contributed by atoms with E-state index in [9.17, 15) is 18.4 Å². The summed E-state index contributed by atoms with van der Waals surface area (Å²) < 4.78 is 27.6. The van der Waals surface area contributed by atoms with Gasteiger partial charge in [-0.3, -0.25) is 9.59 Å². The van der Waals surface area contributed by atoms with Gasteiger partial charge in [-0.05, 0) is 42.2 Å². The Morgan fingerprint density at radius 1 is 1.07 bits per heavy atom. The van der Waals surface area contributed by atoms with E-state index in [1.807, 2.05) is 0 Å². The SMILES string of the molecule is CC(C)C(NC(=O)c1c(F)cccc1F)C(=O)NCCc1ccc(Cl)cc1Cl. The molecule has 0 saturated carbocycles. The summed E-state index contributed by atoms with van der Waals surface area (Å²) in [6.07, 6.45) is 0.461. The van der Waals surface area contributed by atoms with Crippen molar-refractivity contribution in [2.75, 3.05) is 6.54 Å². The van der Waals surface area contributed by atoms with Crippen molar-refractivity contribution in [1.29, 1.82) is 0 Å². The van der Waals surface area contributed by atoms with Crippen molar-refractivity contribution in [1.82, 2.24) is 10.6 Å². The number of carbonyl (C=O) groups excluding carboxylic acids is 2. The molecule has 2 rings (SSSR count). The van der Waals surface area contributed by atoms with E-state index in [4.69, 9.17) is 23.2 Å². The molecule has 28 heavy (non-hydrogen) atoms. The lowest BCUT2D eigenvalue weighted by Gasteiger charge is -2.22. The van der Waals surface area contributed by atoms with Gasteiger partial charge in [0.25, 0.3) is 5.91 Å². The number of carbonyl (C=O) groups is 2. The molecule has 2 aromatic carbocycles. The van der Waals surface area contributed by atoms with E-state index in [0.29, 0.717) is 16.5 Å². The number of hydrogen-bond acceptors (Lipinski definition) is 2. The van der Waals surface area contributed by atoms with Crippen molar-refractivity contribution in [3.8, 4) is 0 Å². The quantitative estimate of drug-likeness (QED) is 0.686. The molecule has 1 atom stereocenters. The van der Waals surface area contributed by atoms with Crippen molar-refractivity contribution < 1.29 is 18.4 Å². The number of benzene rings is 2. The number of amides is 2. The van der Waals surface area contributed by atoms with Crippen LogP contribution in [0.2, 0.25) is 10.0 Å². The molecule has 0 aliphatic heterocycles. The Labute approximate surface area is 172 Å². The van der Waals surface area contributed by atoms with Gasteiger partial charge in [0.1, 0.15) is 23.2 Å². The lowest BCUT2D eigenvalue weighted by molar-refractivity contribution is -0.123. The van der Waals surface area contributed by atoms with Crippen molar-refractivity contribution in [2.24, 2.45) is 5.92 Å². The summed E-state index contributed by atoms with van der Waals surface area (Å²) >= 11 is 12.0. The highest BCUT2D eigenvalue weighted by molar-refractivity contribution is 6.35. The number of hydrogen-bond donors (Lipinski definition) is 2. The Bertz CT molecular complexity index is 855. The molecule has 0 aliphatic rings. The van der Waals surface area contributed by atoms with Crippen LogP contribution in [0.5, 0.6) is 0 Å². The molecule has 0 fully saturated rings. The van der Waals surface area contributed by atoms with Crippen LogP contribution in [0.1, 0.15) is 29.8 Å². The number of nitrogens with one attached hydrogen (secondary N) is 2. The molecule has 150 valence electrons. The zero-order chi connectivity index (χ0) is 20.8. The van der Waals surface area contributed by atoms with Crippen LogP contribution < -0.4 is 10.6 Å². The average molecular weight is 429 g/mol. The number of halogens is 4. The molecule has 0 heterocycles. The van der Waals surface area contributed by atoms with E-state index in [1.165, 1.54) is 0 Å². The van der Waals surface area contributed by atoms with Crippen LogP contribution in [0.25, 0.3) is 0 Å². The third kappa shape index (κ3) is 5.66. The van der Waals surface area contributed by atoms with Gasteiger partial charge >= 0.3 is 0 Å². The first kappa shape index (κ1) is 22.1. The topological polar surface area (TPSA) is 58.2 Å². The van der Waals surface area contributed by atoms with E-state index >= 15 is 0 Å². The Morgan fingerprint density at radius 2 is 1.71 bits per heavy atom. The molecule has 0 radical (unpaired) electrons. The van der Waals surface area contributed by atoms with Crippen LogP contribution in [0.15, 0.2) is 36.4 Å². The first-order valence-corrected chi connectivity index (χ1v) is 9.42. The third-order valence-corrected chi connectivity index (χ3v) is 4.72. The molecule has 2 aromatic rings. The Balaban J connectivity index is 2.01. The maximum atomic E-state index is 13.8. The molecule has 0 spiro atoms. The summed E-state index contributed by atoms with van der Waals surface area (Å²) in [5.41, 5.74) is 0.0961. The highest BCUT2D eigenvalue weighted by Gasteiger charge is 2.27. The minimum absolute atomic E-state index is 0.271. The lowest BCUT2D eigenvalue weighted by Crippen LogP contribution is -2.50. The van der Waals surface area contributed by atoms with E-state index in [2.05, 4.69) is 10.6 Å². The fourth-order valence-electron chi connectivity index (χ4n) is 2.62. The lowest BCUT2D eigenvalue weighted by atomic mass is 10.0. The second-order valence-corrected chi connectivity index (χ2v) is 7.41. The van der Waals surface area contributed by atoms with E-state index < -0.39 is 35.1 Å². The highest BCUT2D eigenvalue weighted by Crippen LogP contribution is 2.21. The standard InChI is InChI=1S/C20H20Cl2F2N2O2/c1-11(2)18(26-19(27)17-15(23)4-3-5-16(17)24)20(28)25-9-8-12-6-7-13(21)10-14(12)22/h3-7,10-11,18H,8-9H2,1-2H3,(H,25,28)(H,26,27). The zero-order valence-corrected chi connectivity index (χ0v) is 16.9. The molecule has 0 saturated heterocycles. The minimum Gasteiger partial charge on any atom is -0.354 e. The zero-order valence-electron chi connectivity index (χ0n) is 15.4. The van der Waals surface area contributed by atoms with Crippen molar-refractivity contribution in [2.45, 2.75) is 26.3 Å². The van der Waals surface area contributed by atoms with Gasteiger partial charge in [0.15, 0.2) is 0 Å². The normalized spacial score (nSPS) is 12.0. The Kier molecular flexibility index (Phi) is 7.78. The van der Waals surface area contributed by atoms with Crippen molar-refractivity contribution >= 4 is 35.0 Å². The molecule has 0 aromatic heterocycles. The number of rotatable bonds is 7. The van der Waals surface area contributed by atoms with Crippen LogP contribution in [-0.4, -0.2) is 24.4 Å². The smallest absolute Gasteiger partial charge is 0.257 e. The summed E-state index contributed by atoms with van der Waals surface area (Å²) in [5, 5.41) is 6.12. The molecule has 0 bridgehead atoms. The molecular formula is C20H20Cl2F2N2O2. The highest BCUT2D eigenvalue weighted by atomic mass is 35.5. The van der Waals surface area contributed by atoms with Gasteiger partial charge in [-0.25, -0.2) is 8.78 Å². The summed E-state index contributed by atoms with van der Waals surface area (Å²) in [5.74, 6) is -3.70. The monoisotopic (exact) mass is 428 g/mol. The first-order chi connectivity index (χ1) is 13.2. The summed E-state index contributed by atoms with van der Waals surface area (Å²) in [7, 11) is 0. The van der Waals surface area contributed by atoms with Gasteiger partial charge in [-0.1, -0.05) is 49.2 Å². The molecule has 8 heteroatoms. The largest absolute Gasteiger partial charge is 0.354 e. The van der Waals surface area contributed by atoms with Crippen LogP contribution in [0, 0.1) is 17.6 Å². The van der Waals surface area contributed by atoms with Crippen molar-refractivity contribution in [3.63, 3.8) is 0 Å². The molecule has 2 amide bonds. The van der Waals surface area contributed by atoms with Gasteiger partial charge < -0.3 is 10.6 Å². The second kappa shape index (κ2) is 9.85. The minimum atomic E-state index is -0.988. The predicted molar refractivity (Wildman–Crippen MR) is 106 cm³/mol. The summed E-state index contributed by atoms with van der Waals surface area (Å²) in [6.45, 7) is 3.71. The summed E-state index contributed by atoms with van der Waals surface area (Å²) in [6, 6.07) is 7.25. The average Bonchev–Trinajstić information content (AvgIpc) is 2.61. The van der Waals surface area contributed by atoms with Crippen LogP contribution in [0.3, 0.4) is 0 Å². The Hall–Kier alpha value is -2.18. The van der Waals surface area contributed by atoms with Crippen LogP contribution >= 0.6 is 23.2 Å². The predicted octanol–water partition coefficient (Wildman–Crippen LogP) is 4.38. The second-order valence-electron chi connectivity index (χ2n) is 6.57. The third-order valence-electron chi connectivity index (χ3n) is 4.13. The van der Waals surface area contributed by atoms with Crippen LogP contribution in [-0.2, 0) is 11.2 Å². The van der Waals surface area contributed by atoms with E-state index in [-0.39, 0.29) is 12.5 Å². The fraction of sp³-hybridized carbons (Fsp3) is 0.300. The van der Waals surface area contributed by atoms with Gasteiger partial charge in [-0.15, -0.1) is 0 Å². The molecule has 4 nitrogen and oxygen atoms in total. The van der Waals surface area contributed by atoms with E-state index in [1.54, 1.807) is 32.0 Å². The van der Waals surface area contributed by atoms with Gasteiger partial charge in [0.05, 0.1) is 0 Å². The molecule has 0 aliphatic carbocycles. The van der Waals surface area contributed by atoms with E-state index in [0.717, 1.165) is 23.8 Å². The first-order valence-electron chi connectivity index (χ1n) is 8.67. The molecular weight excluding hydrogens is 409 g/mol. The van der Waals surface area contributed by atoms with Gasteiger partial charge in [-0.2, -0.15) is 0 Å². The molecule has 2 N–H and O–H groups in total. The van der Waals surface area contributed by atoms with Gasteiger partial charge in [0, 0.05) is 16.6 Å².